The van der Waals surface area contributed by atoms with Crippen LogP contribution < -0.4 is 0 Å². The van der Waals surface area contributed by atoms with Gasteiger partial charge in [0.1, 0.15) is 0 Å². The first-order valence-electron chi connectivity index (χ1n) is 6.71. The van der Waals surface area contributed by atoms with E-state index >= 15 is 0 Å². The Morgan fingerprint density at radius 1 is 0.933 bits per heavy atom. The van der Waals surface area contributed by atoms with Crippen LogP contribution in [0.4, 0.5) is 0 Å². The van der Waals surface area contributed by atoms with Gasteiger partial charge in [0.05, 0.1) is 0 Å². The van der Waals surface area contributed by atoms with Gasteiger partial charge in [-0.3, -0.25) is 0 Å². The molecule has 88 valence electrons. The van der Waals surface area contributed by atoms with Gasteiger partial charge in [-0.25, -0.2) is 0 Å². The van der Waals surface area contributed by atoms with Crippen LogP contribution in [-0.4, -0.2) is 36.2 Å². The van der Waals surface area contributed by atoms with Crippen molar-refractivity contribution >= 4 is 0 Å². The molecule has 1 saturated carbocycles. The van der Waals surface area contributed by atoms with Gasteiger partial charge in [-0.15, -0.1) is 0 Å². The third-order valence-corrected chi connectivity index (χ3v) is 4.12. The lowest BCUT2D eigenvalue weighted by atomic mass is 9.94. The fourth-order valence-corrected chi connectivity index (χ4v) is 2.99. The van der Waals surface area contributed by atoms with E-state index in [0.29, 0.717) is 12.5 Å². The molecule has 2 fully saturated rings. The molecule has 1 aliphatic heterocycles. The number of likely N-dealkylation sites (tertiary alicyclic amines) is 1. The van der Waals surface area contributed by atoms with Crippen LogP contribution in [0.2, 0.25) is 0 Å². The molecular weight excluding hydrogens is 186 g/mol. The molecule has 0 aromatic carbocycles. The van der Waals surface area contributed by atoms with Crippen molar-refractivity contribution in [3.8, 4) is 0 Å². The minimum absolute atomic E-state index is 0.389. The lowest BCUT2D eigenvalue weighted by Crippen LogP contribution is -2.48. The quantitative estimate of drug-likeness (QED) is 0.721. The highest BCUT2D eigenvalue weighted by Crippen LogP contribution is 2.26. The van der Waals surface area contributed by atoms with Crippen molar-refractivity contribution in [1.29, 1.82) is 0 Å². The minimum atomic E-state index is 0.389. The number of aliphatic hydroxyl groups excluding tert-OH is 1. The Kier molecular flexibility index (Phi) is 4.45. The van der Waals surface area contributed by atoms with E-state index < -0.39 is 0 Å². The van der Waals surface area contributed by atoms with E-state index in [0.717, 1.165) is 19.0 Å². The standard InChI is InChI=1S/C13H25NO/c15-11-13-9-14(10-13)8-7-12-5-3-1-2-4-6-12/h12-13,15H,1-11H2. The zero-order chi connectivity index (χ0) is 10.5. The molecule has 0 spiro atoms. The van der Waals surface area contributed by atoms with Crippen LogP contribution in [0.25, 0.3) is 0 Å². The molecule has 0 atom stereocenters. The van der Waals surface area contributed by atoms with E-state index in [4.69, 9.17) is 5.11 Å². The third-order valence-electron chi connectivity index (χ3n) is 4.12. The fraction of sp³-hybridized carbons (Fsp3) is 1.00. The predicted octanol–water partition coefficient (Wildman–Crippen LogP) is 2.27. The van der Waals surface area contributed by atoms with E-state index in [-0.39, 0.29) is 0 Å². The fourth-order valence-electron chi connectivity index (χ4n) is 2.99. The van der Waals surface area contributed by atoms with Crippen LogP contribution in [0.3, 0.4) is 0 Å². The summed E-state index contributed by atoms with van der Waals surface area (Å²) in [6.07, 6.45) is 10.2. The van der Waals surface area contributed by atoms with Gasteiger partial charge in [0.25, 0.3) is 0 Å². The maximum atomic E-state index is 8.93. The first kappa shape index (κ1) is 11.4. The first-order valence-corrected chi connectivity index (χ1v) is 6.71. The second kappa shape index (κ2) is 5.86. The van der Waals surface area contributed by atoms with E-state index in [9.17, 15) is 0 Å². The van der Waals surface area contributed by atoms with Gasteiger partial charge in [-0.1, -0.05) is 38.5 Å². The van der Waals surface area contributed by atoms with Gasteiger partial charge in [-0.05, 0) is 18.9 Å². The van der Waals surface area contributed by atoms with Crippen molar-refractivity contribution in [2.45, 2.75) is 44.9 Å². The Balaban J connectivity index is 1.57. The number of aliphatic hydroxyl groups is 1. The number of nitrogens with zero attached hydrogens (tertiary/aromatic N) is 1. The summed E-state index contributed by atoms with van der Waals surface area (Å²) in [7, 11) is 0. The molecule has 2 heteroatoms. The van der Waals surface area contributed by atoms with Crippen molar-refractivity contribution in [2.24, 2.45) is 11.8 Å². The number of rotatable bonds is 4. The van der Waals surface area contributed by atoms with Gasteiger partial charge in [0.2, 0.25) is 0 Å². The summed E-state index contributed by atoms with van der Waals surface area (Å²) >= 11 is 0. The molecule has 1 aliphatic carbocycles. The molecule has 1 heterocycles. The van der Waals surface area contributed by atoms with Crippen molar-refractivity contribution < 1.29 is 5.11 Å². The zero-order valence-electron chi connectivity index (χ0n) is 9.83. The van der Waals surface area contributed by atoms with E-state index in [1.165, 1.54) is 51.5 Å². The number of hydrogen-bond donors (Lipinski definition) is 1. The van der Waals surface area contributed by atoms with Gasteiger partial charge in [0, 0.05) is 25.6 Å². The molecule has 15 heavy (non-hydrogen) atoms. The minimum Gasteiger partial charge on any atom is -0.396 e. The molecule has 0 radical (unpaired) electrons. The summed E-state index contributed by atoms with van der Waals surface area (Å²) < 4.78 is 0. The maximum absolute atomic E-state index is 8.93. The van der Waals surface area contributed by atoms with Crippen molar-refractivity contribution in [2.75, 3.05) is 26.2 Å². The number of hydrogen-bond acceptors (Lipinski definition) is 2. The lowest BCUT2D eigenvalue weighted by molar-refractivity contribution is 0.0491. The van der Waals surface area contributed by atoms with Gasteiger partial charge in [-0.2, -0.15) is 0 Å². The topological polar surface area (TPSA) is 23.5 Å². The molecule has 0 unspecified atom stereocenters. The first-order chi connectivity index (χ1) is 7.38. The Labute approximate surface area is 93.7 Å². The molecule has 1 saturated heterocycles. The summed E-state index contributed by atoms with van der Waals surface area (Å²) in [5.41, 5.74) is 0. The molecule has 0 bridgehead atoms. The Morgan fingerprint density at radius 3 is 2.20 bits per heavy atom. The van der Waals surface area contributed by atoms with Gasteiger partial charge in [0.15, 0.2) is 0 Å². The molecule has 2 aliphatic rings. The summed E-state index contributed by atoms with van der Waals surface area (Å²) in [5.74, 6) is 1.58. The van der Waals surface area contributed by atoms with Crippen LogP contribution >= 0.6 is 0 Å². The van der Waals surface area contributed by atoms with Crippen LogP contribution in [0.1, 0.15) is 44.9 Å². The van der Waals surface area contributed by atoms with Crippen LogP contribution in [0.5, 0.6) is 0 Å². The zero-order valence-corrected chi connectivity index (χ0v) is 9.83. The smallest absolute Gasteiger partial charge is 0.0483 e. The lowest BCUT2D eigenvalue weighted by Gasteiger charge is -2.38. The third kappa shape index (κ3) is 3.46. The second-order valence-corrected chi connectivity index (χ2v) is 5.45. The molecule has 2 nitrogen and oxygen atoms in total. The van der Waals surface area contributed by atoms with E-state index in [1.54, 1.807) is 0 Å². The molecule has 1 N–H and O–H groups in total. The molecule has 0 aromatic rings. The van der Waals surface area contributed by atoms with Crippen LogP contribution in [0.15, 0.2) is 0 Å². The highest BCUT2D eigenvalue weighted by Gasteiger charge is 2.25. The molecule has 2 rings (SSSR count). The molecular formula is C13H25NO. The SMILES string of the molecule is OCC1CN(CCC2CCCCCC2)C1. The highest BCUT2D eigenvalue weighted by molar-refractivity contribution is 4.79. The Hall–Kier alpha value is -0.0800. The summed E-state index contributed by atoms with van der Waals surface area (Å²) in [6, 6.07) is 0. The van der Waals surface area contributed by atoms with Gasteiger partial charge >= 0.3 is 0 Å². The summed E-state index contributed by atoms with van der Waals surface area (Å²) in [4.78, 5) is 2.51. The summed E-state index contributed by atoms with van der Waals surface area (Å²) in [5, 5.41) is 8.93. The average Bonchev–Trinajstić information content (AvgIpc) is 2.44. The Bertz CT molecular complexity index is 169. The summed E-state index contributed by atoms with van der Waals surface area (Å²) in [6.45, 7) is 3.95. The molecule has 0 amide bonds. The Morgan fingerprint density at radius 2 is 1.60 bits per heavy atom. The molecule has 0 aromatic heterocycles. The second-order valence-electron chi connectivity index (χ2n) is 5.45. The monoisotopic (exact) mass is 211 g/mol. The van der Waals surface area contributed by atoms with E-state index in [2.05, 4.69) is 4.90 Å². The van der Waals surface area contributed by atoms with E-state index in [1.807, 2.05) is 0 Å². The normalized spacial score (nSPS) is 26.2. The van der Waals surface area contributed by atoms with Crippen molar-refractivity contribution in [3.63, 3.8) is 0 Å². The largest absolute Gasteiger partial charge is 0.396 e. The van der Waals surface area contributed by atoms with Crippen molar-refractivity contribution in [1.82, 2.24) is 4.90 Å². The van der Waals surface area contributed by atoms with Crippen LogP contribution in [-0.2, 0) is 0 Å². The van der Waals surface area contributed by atoms with Gasteiger partial charge < -0.3 is 10.0 Å². The maximum Gasteiger partial charge on any atom is 0.0483 e. The van der Waals surface area contributed by atoms with Crippen molar-refractivity contribution in [3.05, 3.63) is 0 Å². The predicted molar refractivity (Wildman–Crippen MR) is 62.8 cm³/mol. The average molecular weight is 211 g/mol. The van der Waals surface area contributed by atoms with Crippen LogP contribution in [0, 0.1) is 11.8 Å². The highest BCUT2D eigenvalue weighted by atomic mass is 16.3.